The Hall–Kier alpha value is -1.51. The lowest BCUT2D eigenvalue weighted by Gasteiger charge is -2.68. The van der Waals surface area contributed by atoms with Gasteiger partial charge in [0.2, 0.25) is 6.29 Å². The molecule has 4 saturated carbocycles. The first-order chi connectivity index (χ1) is 31.4. The van der Waals surface area contributed by atoms with Crippen molar-refractivity contribution in [1.82, 2.24) is 0 Å². The van der Waals surface area contributed by atoms with Gasteiger partial charge in [-0.1, -0.05) is 46.3 Å². The molecule has 3 saturated heterocycles. The topological polar surface area (TPSA) is 335 Å². The molecule has 8 rings (SSSR count). The van der Waals surface area contributed by atoms with Crippen molar-refractivity contribution >= 4 is 5.97 Å². The van der Waals surface area contributed by atoms with Gasteiger partial charge in [0.1, 0.15) is 67.1 Å². The van der Waals surface area contributed by atoms with Crippen molar-refractivity contribution in [2.24, 2.45) is 63.6 Å². The van der Waals surface area contributed by atoms with Crippen molar-refractivity contribution in [3.05, 3.63) is 11.6 Å². The Kier molecular flexibility index (Phi) is 14.8. The summed E-state index contributed by atoms with van der Waals surface area (Å²) in [6.45, 7) is 10.0. The standard InChI is InChI=1S/C47H76O20/c1-17-11-21(20-9-10-45(4)23(29(20)18(17)2)8-7-22-24(45)12-25(50)39-46(22,5)13-26(51)40(60)47(39,6)16-49)41(61)67-44-36(58)33(55)31(53)28(65-44)15-62-42-37(59)34(56)38(27(14-48)64-42)66-43-35(57)32(54)30(52)19(3)63-43/h8,17-22,24-40,42-44,48-60H,7,9-16H2,1-6H3/t17?,18?,19?,20?,21?,22?,24?,25?,26?,27?,28?,29?,30-,31+,32?,33?,34?,35?,36?,37?,38+,39?,40?,42?,43?,44?,45?,46?,47?/m0/s1. The third-order valence-electron chi connectivity index (χ3n) is 18.7. The van der Waals surface area contributed by atoms with E-state index < -0.39 is 152 Å². The highest BCUT2D eigenvalue weighted by molar-refractivity contribution is 5.73. The van der Waals surface area contributed by atoms with Crippen LogP contribution in [0.5, 0.6) is 0 Å². The Balaban J connectivity index is 0.941. The fraction of sp³-hybridized carbons (Fsp3) is 0.936. The van der Waals surface area contributed by atoms with E-state index in [-0.39, 0.29) is 47.5 Å². The van der Waals surface area contributed by atoms with Gasteiger partial charge in [-0.25, -0.2) is 0 Å². The number of hydrogen-bond donors (Lipinski definition) is 13. The molecule has 0 aromatic rings. The van der Waals surface area contributed by atoms with Gasteiger partial charge in [-0.3, -0.25) is 4.79 Å². The minimum Gasteiger partial charge on any atom is -0.432 e. The van der Waals surface area contributed by atoms with Crippen molar-refractivity contribution in [2.75, 3.05) is 19.8 Å². The van der Waals surface area contributed by atoms with Gasteiger partial charge < -0.3 is 94.8 Å². The summed E-state index contributed by atoms with van der Waals surface area (Å²) >= 11 is 0. The second kappa shape index (κ2) is 19.2. The van der Waals surface area contributed by atoms with Crippen LogP contribution in [-0.4, -0.2) is 203 Å². The second-order valence-corrected chi connectivity index (χ2v) is 22.4. The van der Waals surface area contributed by atoms with E-state index in [1.165, 1.54) is 12.5 Å². The van der Waals surface area contributed by atoms with E-state index in [9.17, 15) is 71.2 Å². The summed E-state index contributed by atoms with van der Waals surface area (Å²) in [6, 6.07) is 0. The van der Waals surface area contributed by atoms with Crippen LogP contribution in [0.3, 0.4) is 0 Å². The Morgan fingerprint density at radius 1 is 0.731 bits per heavy atom. The van der Waals surface area contributed by atoms with Gasteiger partial charge in [-0.2, -0.15) is 0 Å². The summed E-state index contributed by atoms with van der Waals surface area (Å²) in [5, 5.41) is 141. The first-order valence-corrected chi connectivity index (χ1v) is 24.3. The molecule has 3 heterocycles. The molecular formula is C47H76O20. The van der Waals surface area contributed by atoms with Gasteiger partial charge in [-0.15, -0.1) is 0 Å². The van der Waals surface area contributed by atoms with Crippen LogP contribution >= 0.6 is 0 Å². The monoisotopic (exact) mass is 960 g/mol. The molecule has 26 unspecified atom stereocenters. The maximum absolute atomic E-state index is 14.4. The first-order valence-electron chi connectivity index (χ1n) is 24.3. The SMILES string of the molecule is CC1CC(C(=O)OC2OC(COC3OC(CO)[C@@H](OC4OC(C)[C@H](O)C(O)C4O)C(O)C3O)[C@@H](O)C(O)C2O)C2CCC3(C)C(=CCC4C3CC(O)C3C(C)(CO)C(O)C(O)CC43C)C2C1C. The molecule has 67 heavy (non-hydrogen) atoms. The van der Waals surface area contributed by atoms with Gasteiger partial charge in [0.25, 0.3) is 0 Å². The van der Waals surface area contributed by atoms with Crippen LogP contribution in [0.2, 0.25) is 0 Å². The zero-order valence-electron chi connectivity index (χ0n) is 39.1. The molecule has 5 aliphatic carbocycles. The molecule has 7 fully saturated rings. The summed E-state index contributed by atoms with van der Waals surface area (Å²) < 4.78 is 34.3. The van der Waals surface area contributed by atoms with E-state index in [0.717, 1.165) is 0 Å². The zero-order valence-corrected chi connectivity index (χ0v) is 39.1. The van der Waals surface area contributed by atoms with Gasteiger partial charge >= 0.3 is 5.97 Å². The van der Waals surface area contributed by atoms with Crippen molar-refractivity contribution in [3.63, 3.8) is 0 Å². The fourth-order valence-corrected chi connectivity index (χ4v) is 14.8. The molecule has 29 atom stereocenters. The molecule has 0 amide bonds. The third-order valence-corrected chi connectivity index (χ3v) is 18.7. The number of hydrogen-bond acceptors (Lipinski definition) is 20. The number of fused-ring (bicyclic) bond motifs is 7. The smallest absolute Gasteiger partial charge is 0.311 e. The molecule has 13 N–H and O–H groups in total. The van der Waals surface area contributed by atoms with Crippen LogP contribution in [0, 0.1) is 63.6 Å². The number of carbonyl (C=O) groups is 1. The Bertz CT molecular complexity index is 1790. The number of allylic oxidation sites excluding steroid dienone is 2. The Morgan fingerprint density at radius 2 is 1.37 bits per heavy atom. The largest absolute Gasteiger partial charge is 0.432 e. The van der Waals surface area contributed by atoms with Crippen LogP contribution in [-0.2, 0) is 33.2 Å². The van der Waals surface area contributed by atoms with Crippen LogP contribution in [0.4, 0.5) is 0 Å². The average molecular weight is 961 g/mol. The van der Waals surface area contributed by atoms with Gasteiger partial charge in [0.15, 0.2) is 12.6 Å². The maximum Gasteiger partial charge on any atom is 0.311 e. The highest BCUT2D eigenvalue weighted by Gasteiger charge is 2.68. The summed E-state index contributed by atoms with van der Waals surface area (Å²) in [4.78, 5) is 14.4. The van der Waals surface area contributed by atoms with E-state index in [2.05, 4.69) is 33.8 Å². The summed E-state index contributed by atoms with van der Waals surface area (Å²) in [5.74, 6) is -1.53. The van der Waals surface area contributed by atoms with Gasteiger partial charge in [0, 0.05) is 11.3 Å². The fourth-order valence-electron chi connectivity index (χ4n) is 14.8. The minimum absolute atomic E-state index is 0.0239. The lowest BCUT2D eigenvalue weighted by atomic mass is 9.37. The highest BCUT2D eigenvalue weighted by Crippen LogP contribution is 2.70. The van der Waals surface area contributed by atoms with Crippen molar-refractivity contribution in [1.29, 1.82) is 0 Å². The maximum atomic E-state index is 14.4. The lowest BCUT2D eigenvalue weighted by molar-refractivity contribution is -0.361. The third kappa shape index (κ3) is 8.46. The predicted octanol–water partition coefficient (Wildman–Crippen LogP) is -2.60. The number of carbonyl (C=O) groups excluding carboxylic acids is 1. The predicted molar refractivity (Wildman–Crippen MR) is 228 cm³/mol. The van der Waals surface area contributed by atoms with Gasteiger partial charge in [-0.05, 0) is 91.8 Å². The second-order valence-electron chi connectivity index (χ2n) is 22.4. The number of esters is 1. The van der Waals surface area contributed by atoms with E-state index >= 15 is 0 Å². The Morgan fingerprint density at radius 3 is 2.04 bits per heavy atom. The minimum atomic E-state index is -1.87. The first kappa shape index (κ1) is 51.8. The quantitative estimate of drug-likeness (QED) is 0.0833. The van der Waals surface area contributed by atoms with Crippen LogP contribution in [0.15, 0.2) is 11.6 Å². The summed E-state index contributed by atoms with van der Waals surface area (Å²) in [6.07, 6.45) is -21.8. The number of aliphatic hydroxyl groups is 13. The number of aliphatic hydroxyl groups excluding tert-OH is 13. The van der Waals surface area contributed by atoms with E-state index in [1.807, 2.05) is 0 Å². The van der Waals surface area contributed by atoms with Crippen molar-refractivity contribution in [3.8, 4) is 0 Å². The molecule has 0 bridgehead atoms. The normalized spacial score (nSPS) is 56.7. The molecule has 0 spiro atoms. The molecule has 20 nitrogen and oxygen atoms in total. The molecule has 0 aromatic carbocycles. The highest BCUT2D eigenvalue weighted by atomic mass is 16.8. The average Bonchev–Trinajstić information content (AvgIpc) is 3.29. The zero-order chi connectivity index (χ0) is 49.0. The van der Waals surface area contributed by atoms with Crippen LogP contribution in [0.25, 0.3) is 0 Å². The van der Waals surface area contributed by atoms with E-state index in [0.29, 0.717) is 38.5 Å². The summed E-state index contributed by atoms with van der Waals surface area (Å²) in [7, 11) is 0. The molecule has 384 valence electrons. The molecular weight excluding hydrogens is 884 g/mol. The van der Waals surface area contributed by atoms with E-state index in [4.69, 9.17) is 28.4 Å². The summed E-state index contributed by atoms with van der Waals surface area (Å²) in [5.41, 5.74) is -0.763. The lowest BCUT2D eigenvalue weighted by Crippen LogP contribution is -2.68. The van der Waals surface area contributed by atoms with Crippen molar-refractivity contribution in [2.45, 2.75) is 190 Å². The molecule has 0 aromatic heterocycles. The van der Waals surface area contributed by atoms with Gasteiger partial charge in [0.05, 0.1) is 50.2 Å². The molecule has 3 aliphatic heterocycles. The van der Waals surface area contributed by atoms with Crippen molar-refractivity contribution < 1.29 is 99.6 Å². The number of rotatable bonds is 9. The van der Waals surface area contributed by atoms with Crippen LogP contribution in [0.1, 0.15) is 80.1 Å². The molecule has 8 aliphatic rings. The number of ether oxygens (including phenoxy) is 6. The van der Waals surface area contributed by atoms with Crippen LogP contribution < -0.4 is 0 Å². The molecule has 20 heteroatoms. The Labute approximate surface area is 390 Å². The van der Waals surface area contributed by atoms with E-state index in [1.54, 1.807) is 6.92 Å². The molecule has 0 radical (unpaired) electrons.